The van der Waals surface area contributed by atoms with Crippen LogP contribution in [0.15, 0.2) is 18.2 Å². The van der Waals surface area contributed by atoms with Gasteiger partial charge in [-0.3, -0.25) is 4.79 Å². The number of phenolic OH excluding ortho intramolecular Hbond substituents is 1. The zero-order chi connectivity index (χ0) is 13.2. The first kappa shape index (κ1) is 16.5. The Morgan fingerprint density at radius 1 is 1.39 bits per heavy atom. The van der Waals surface area contributed by atoms with E-state index in [1.807, 2.05) is 0 Å². The summed E-state index contributed by atoms with van der Waals surface area (Å²) in [5.41, 5.74) is 3.84. The van der Waals surface area contributed by atoms with Crippen molar-refractivity contribution in [1.82, 2.24) is 0 Å². The smallest absolute Gasteiger partial charge is 0.416 e. The van der Waals surface area contributed by atoms with Crippen molar-refractivity contribution in [3.8, 4) is 5.75 Å². The van der Waals surface area contributed by atoms with E-state index in [0.29, 0.717) is 6.07 Å². The van der Waals surface area contributed by atoms with Crippen LogP contribution in [0, 0.1) is 0 Å². The molecule has 1 aromatic rings. The Kier molecular flexibility index (Phi) is 5.44. The molecule has 4 nitrogen and oxygen atoms in total. The summed E-state index contributed by atoms with van der Waals surface area (Å²) in [5.74, 6) is -1.92. The van der Waals surface area contributed by atoms with E-state index in [4.69, 9.17) is 15.9 Å². The maximum Gasteiger partial charge on any atom is 0.416 e. The Hall–Kier alpha value is -1.47. The number of benzene rings is 1. The topological polar surface area (TPSA) is 83.5 Å². The molecule has 0 aliphatic carbocycles. The van der Waals surface area contributed by atoms with Gasteiger partial charge in [0.25, 0.3) is 0 Å². The van der Waals surface area contributed by atoms with E-state index in [1.54, 1.807) is 0 Å². The number of aliphatic carboxylic acids is 1. The standard InChI is InChI=1S/C10H10F3NO3.ClH/c11-10(12,13)7-4-6(15)2-1-5(7)3-8(14)9(16)17;/h1-2,4,8,15H,3,14H2,(H,16,17);1H/t8-;/m0./s1. The summed E-state index contributed by atoms with van der Waals surface area (Å²) in [5, 5.41) is 17.5. The monoisotopic (exact) mass is 285 g/mol. The summed E-state index contributed by atoms with van der Waals surface area (Å²) in [6, 6.07) is 1.20. The summed E-state index contributed by atoms with van der Waals surface area (Å²) >= 11 is 0. The molecule has 0 amide bonds. The number of hydrogen-bond acceptors (Lipinski definition) is 3. The first-order valence-electron chi connectivity index (χ1n) is 4.59. The normalized spacial score (nSPS) is 12.7. The molecule has 0 spiro atoms. The number of aromatic hydroxyl groups is 1. The number of alkyl halides is 3. The van der Waals surface area contributed by atoms with E-state index < -0.39 is 35.9 Å². The minimum absolute atomic E-state index is 0. The van der Waals surface area contributed by atoms with Crippen LogP contribution in [-0.2, 0) is 17.4 Å². The fraction of sp³-hybridized carbons (Fsp3) is 0.300. The van der Waals surface area contributed by atoms with E-state index >= 15 is 0 Å². The Morgan fingerprint density at radius 2 is 1.94 bits per heavy atom. The highest BCUT2D eigenvalue weighted by Crippen LogP contribution is 2.34. The van der Waals surface area contributed by atoms with Crippen LogP contribution in [0.4, 0.5) is 13.2 Å². The molecule has 0 aromatic heterocycles. The highest BCUT2D eigenvalue weighted by Gasteiger charge is 2.34. The van der Waals surface area contributed by atoms with Crippen molar-refractivity contribution in [2.75, 3.05) is 0 Å². The predicted octanol–water partition coefficient (Wildman–Crippen LogP) is 1.79. The fourth-order valence-corrected chi connectivity index (χ4v) is 1.33. The zero-order valence-corrected chi connectivity index (χ0v) is 9.76. The zero-order valence-electron chi connectivity index (χ0n) is 8.94. The molecule has 1 aromatic carbocycles. The second-order valence-electron chi connectivity index (χ2n) is 3.49. The third kappa shape index (κ3) is 4.08. The Balaban J connectivity index is 0.00000289. The van der Waals surface area contributed by atoms with Crippen molar-refractivity contribution < 1.29 is 28.2 Å². The van der Waals surface area contributed by atoms with Crippen LogP contribution in [0.3, 0.4) is 0 Å². The molecule has 0 fully saturated rings. The molecule has 0 unspecified atom stereocenters. The molecular formula is C10H11ClF3NO3. The number of hydrogen-bond donors (Lipinski definition) is 3. The number of nitrogens with two attached hydrogens (primary N) is 1. The highest BCUT2D eigenvalue weighted by atomic mass is 35.5. The van der Waals surface area contributed by atoms with E-state index in [1.165, 1.54) is 0 Å². The quantitative estimate of drug-likeness (QED) is 0.790. The van der Waals surface area contributed by atoms with Gasteiger partial charge >= 0.3 is 12.1 Å². The van der Waals surface area contributed by atoms with Gasteiger partial charge in [-0.15, -0.1) is 12.4 Å². The van der Waals surface area contributed by atoms with Gasteiger partial charge in [0, 0.05) is 0 Å². The second kappa shape index (κ2) is 5.92. The van der Waals surface area contributed by atoms with Crippen molar-refractivity contribution in [3.63, 3.8) is 0 Å². The average Bonchev–Trinajstić information content (AvgIpc) is 2.18. The van der Waals surface area contributed by atoms with E-state index in [-0.39, 0.29) is 18.0 Å². The Labute approximate surface area is 107 Å². The van der Waals surface area contributed by atoms with Crippen molar-refractivity contribution in [2.45, 2.75) is 18.6 Å². The van der Waals surface area contributed by atoms with Crippen molar-refractivity contribution in [1.29, 1.82) is 0 Å². The van der Waals surface area contributed by atoms with Crippen LogP contribution in [0.2, 0.25) is 0 Å². The summed E-state index contributed by atoms with van der Waals surface area (Å²) < 4.78 is 37.7. The Morgan fingerprint density at radius 3 is 2.39 bits per heavy atom. The van der Waals surface area contributed by atoms with Gasteiger partial charge in [-0.25, -0.2) is 0 Å². The second-order valence-corrected chi connectivity index (χ2v) is 3.49. The molecule has 0 heterocycles. The van der Waals surface area contributed by atoms with Crippen molar-refractivity contribution >= 4 is 18.4 Å². The molecule has 0 aliphatic rings. The van der Waals surface area contributed by atoms with Gasteiger partial charge in [-0.1, -0.05) is 6.07 Å². The van der Waals surface area contributed by atoms with Crippen LogP contribution in [0.5, 0.6) is 5.75 Å². The van der Waals surface area contributed by atoms with Gasteiger partial charge in [0.2, 0.25) is 0 Å². The van der Waals surface area contributed by atoms with Gasteiger partial charge < -0.3 is 15.9 Å². The average molecular weight is 286 g/mol. The van der Waals surface area contributed by atoms with Gasteiger partial charge in [0.1, 0.15) is 11.8 Å². The molecule has 1 rings (SSSR count). The number of phenols is 1. The van der Waals surface area contributed by atoms with Crippen LogP contribution >= 0.6 is 12.4 Å². The Bertz CT molecular complexity index is 437. The maximum absolute atomic E-state index is 12.6. The molecule has 0 radical (unpaired) electrons. The summed E-state index contributed by atoms with van der Waals surface area (Å²) in [7, 11) is 0. The van der Waals surface area contributed by atoms with E-state index in [9.17, 15) is 18.0 Å². The number of carbonyl (C=O) groups is 1. The number of halogens is 4. The molecule has 8 heteroatoms. The van der Waals surface area contributed by atoms with Crippen molar-refractivity contribution in [3.05, 3.63) is 29.3 Å². The molecule has 0 saturated carbocycles. The molecule has 4 N–H and O–H groups in total. The lowest BCUT2D eigenvalue weighted by Gasteiger charge is -2.14. The molecule has 1 atom stereocenters. The molecular weight excluding hydrogens is 275 g/mol. The first-order chi connectivity index (χ1) is 7.71. The highest BCUT2D eigenvalue weighted by molar-refractivity contribution is 5.85. The van der Waals surface area contributed by atoms with Crippen LogP contribution < -0.4 is 5.73 Å². The predicted molar refractivity (Wildman–Crippen MR) is 59.7 cm³/mol. The third-order valence-corrected chi connectivity index (χ3v) is 2.16. The third-order valence-electron chi connectivity index (χ3n) is 2.16. The van der Waals surface area contributed by atoms with Gasteiger partial charge in [-0.05, 0) is 24.1 Å². The minimum Gasteiger partial charge on any atom is -0.508 e. The van der Waals surface area contributed by atoms with Gasteiger partial charge in [0.05, 0.1) is 5.56 Å². The lowest BCUT2D eigenvalue weighted by Crippen LogP contribution is -2.33. The molecule has 102 valence electrons. The van der Waals surface area contributed by atoms with Crippen LogP contribution in [-0.4, -0.2) is 22.2 Å². The molecule has 0 bridgehead atoms. The molecule has 18 heavy (non-hydrogen) atoms. The lowest BCUT2D eigenvalue weighted by molar-refractivity contribution is -0.140. The minimum atomic E-state index is -4.66. The van der Waals surface area contributed by atoms with Gasteiger partial charge in [-0.2, -0.15) is 13.2 Å². The van der Waals surface area contributed by atoms with E-state index in [0.717, 1.165) is 12.1 Å². The lowest BCUT2D eigenvalue weighted by atomic mass is 10.00. The summed E-state index contributed by atoms with van der Waals surface area (Å²) in [4.78, 5) is 10.5. The number of carboxylic acids is 1. The van der Waals surface area contributed by atoms with Crippen molar-refractivity contribution in [2.24, 2.45) is 5.73 Å². The largest absolute Gasteiger partial charge is 0.508 e. The molecule has 0 aliphatic heterocycles. The van der Waals surface area contributed by atoms with Crippen LogP contribution in [0.25, 0.3) is 0 Å². The maximum atomic E-state index is 12.6. The first-order valence-corrected chi connectivity index (χ1v) is 4.59. The van der Waals surface area contributed by atoms with Crippen LogP contribution in [0.1, 0.15) is 11.1 Å². The summed E-state index contributed by atoms with van der Waals surface area (Å²) in [6.45, 7) is 0. The number of rotatable bonds is 3. The SMILES string of the molecule is Cl.N[C@@H](Cc1ccc(O)cc1C(F)(F)F)C(=O)O. The summed E-state index contributed by atoms with van der Waals surface area (Å²) in [6.07, 6.45) is -5.11. The van der Waals surface area contributed by atoms with E-state index in [2.05, 4.69) is 0 Å². The fourth-order valence-electron chi connectivity index (χ4n) is 1.33. The molecule has 0 saturated heterocycles. The number of carboxylic acid groups (broad SMARTS) is 1. The van der Waals surface area contributed by atoms with Gasteiger partial charge in [0.15, 0.2) is 0 Å².